The Hall–Kier alpha value is -4.45. The van der Waals surface area contributed by atoms with Crippen LogP contribution >= 0.6 is 12.2 Å². The molecule has 1 aromatic heterocycles. The van der Waals surface area contributed by atoms with Crippen LogP contribution in [0.4, 0.5) is 24.5 Å². The molecule has 0 aliphatic carbocycles. The first-order valence-electron chi connectivity index (χ1n) is 11.9. The minimum absolute atomic E-state index is 0.00808. The van der Waals surface area contributed by atoms with Gasteiger partial charge in [0.05, 0.1) is 11.7 Å². The lowest BCUT2D eigenvalue weighted by molar-refractivity contribution is -0.274. The highest BCUT2D eigenvalue weighted by atomic mass is 32.1. The summed E-state index contributed by atoms with van der Waals surface area (Å²) in [6.45, 7) is 4.22. The smallest absolute Gasteiger partial charge is 0.406 e. The van der Waals surface area contributed by atoms with E-state index < -0.39 is 6.36 Å². The highest BCUT2D eigenvalue weighted by Crippen LogP contribution is 2.26. The number of ether oxygens (including phenoxy) is 1. The molecule has 39 heavy (non-hydrogen) atoms. The first-order valence-corrected chi connectivity index (χ1v) is 12.3. The van der Waals surface area contributed by atoms with Gasteiger partial charge in [0.1, 0.15) is 11.4 Å². The van der Waals surface area contributed by atoms with Crippen LogP contribution in [0.15, 0.2) is 71.8 Å². The van der Waals surface area contributed by atoms with Crippen molar-refractivity contribution in [2.24, 2.45) is 12.1 Å². The van der Waals surface area contributed by atoms with Gasteiger partial charge in [0, 0.05) is 23.8 Å². The summed E-state index contributed by atoms with van der Waals surface area (Å²) in [5.74, 6) is -0.0136. The van der Waals surface area contributed by atoms with Crippen molar-refractivity contribution in [3.05, 3.63) is 83.6 Å². The highest BCUT2D eigenvalue weighted by molar-refractivity contribution is 7.80. The zero-order chi connectivity index (χ0) is 28.2. The number of hydrazone groups is 1. The Morgan fingerprint density at radius 1 is 1.08 bits per heavy atom. The quantitative estimate of drug-likeness (QED) is 0.0921. The van der Waals surface area contributed by atoms with Gasteiger partial charge in [-0.15, -0.1) is 13.2 Å². The van der Waals surface area contributed by atoms with E-state index in [1.54, 1.807) is 17.9 Å². The lowest BCUT2D eigenvalue weighted by Crippen LogP contribution is -2.24. The molecule has 0 fully saturated rings. The molecule has 0 saturated carbocycles. The second-order valence-corrected chi connectivity index (χ2v) is 9.30. The van der Waals surface area contributed by atoms with Gasteiger partial charge in [0.2, 0.25) is 0 Å². The van der Waals surface area contributed by atoms with E-state index in [4.69, 9.17) is 17.6 Å². The molecule has 0 aliphatic rings. The minimum atomic E-state index is -4.77. The van der Waals surface area contributed by atoms with E-state index in [2.05, 4.69) is 50.9 Å². The van der Waals surface area contributed by atoms with E-state index in [0.29, 0.717) is 22.4 Å². The second kappa shape index (κ2) is 11.5. The fourth-order valence-corrected chi connectivity index (χ4v) is 4.08. The van der Waals surface area contributed by atoms with E-state index in [-0.39, 0.29) is 11.6 Å². The highest BCUT2D eigenvalue weighted by Gasteiger charge is 2.31. The van der Waals surface area contributed by atoms with Gasteiger partial charge in [-0.05, 0) is 71.7 Å². The zero-order valence-electron chi connectivity index (χ0n) is 21.3. The Kier molecular flexibility index (Phi) is 8.15. The van der Waals surface area contributed by atoms with Crippen LogP contribution in [0.1, 0.15) is 36.6 Å². The molecule has 0 bridgehead atoms. The SMILES string of the molecule is CC(C)c1ccccc1NC(=S)NN=Cc1ccc2c(C(=N)Nc3ccc(OC(F)(F)F)cc3)nn(C)c2c1. The molecule has 8 nitrogen and oxygen atoms in total. The number of alkyl halides is 3. The van der Waals surface area contributed by atoms with Crippen LogP contribution in [0.5, 0.6) is 5.75 Å². The van der Waals surface area contributed by atoms with Crippen LogP contribution in [0, 0.1) is 5.41 Å². The van der Waals surface area contributed by atoms with Gasteiger partial charge in [-0.3, -0.25) is 15.5 Å². The van der Waals surface area contributed by atoms with Crippen molar-refractivity contribution in [1.29, 1.82) is 5.41 Å². The summed E-state index contributed by atoms with van der Waals surface area (Å²) in [6.07, 6.45) is -3.14. The number of nitrogens with zero attached hydrogens (tertiary/aromatic N) is 3. The van der Waals surface area contributed by atoms with E-state index in [0.717, 1.165) is 27.7 Å². The van der Waals surface area contributed by atoms with Crippen molar-refractivity contribution in [3.8, 4) is 5.75 Å². The molecule has 0 radical (unpaired) electrons. The molecular formula is C27H26F3N7OS. The van der Waals surface area contributed by atoms with E-state index in [1.165, 1.54) is 24.3 Å². The summed E-state index contributed by atoms with van der Waals surface area (Å²) in [4.78, 5) is 0. The monoisotopic (exact) mass is 553 g/mol. The number of amidine groups is 1. The predicted octanol–water partition coefficient (Wildman–Crippen LogP) is 6.35. The van der Waals surface area contributed by atoms with Gasteiger partial charge in [-0.25, -0.2) is 0 Å². The topological polar surface area (TPSA) is 99.3 Å². The van der Waals surface area contributed by atoms with E-state index in [9.17, 15) is 13.2 Å². The number of rotatable bonds is 7. The van der Waals surface area contributed by atoms with Gasteiger partial charge >= 0.3 is 6.36 Å². The molecular weight excluding hydrogens is 527 g/mol. The number of anilines is 2. The molecule has 0 aliphatic heterocycles. The van der Waals surface area contributed by atoms with Crippen LogP contribution in [-0.2, 0) is 7.05 Å². The van der Waals surface area contributed by atoms with Gasteiger partial charge < -0.3 is 15.4 Å². The summed E-state index contributed by atoms with van der Waals surface area (Å²) in [6, 6.07) is 18.6. The van der Waals surface area contributed by atoms with Crippen LogP contribution in [-0.4, -0.2) is 33.3 Å². The largest absolute Gasteiger partial charge is 0.573 e. The van der Waals surface area contributed by atoms with Crippen LogP contribution in [0.25, 0.3) is 10.9 Å². The van der Waals surface area contributed by atoms with E-state index in [1.807, 2.05) is 36.4 Å². The van der Waals surface area contributed by atoms with Crippen LogP contribution < -0.4 is 20.8 Å². The number of aryl methyl sites for hydroxylation is 1. The lowest BCUT2D eigenvalue weighted by Gasteiger charge is -2.14. The van der Waals surface area contributed by atoms with Crippen LogP contribution in [0.2, 0.25) is 0 Å². The molecule has 0 spiro atoms. The molecule has 0 atom stereocenters. The number of aromatic nitrogens is 2. The lowest BCUT2D eigenvalue weighted by atomic mass is 10.0. The van der Waals surface area contributed by atoms with Gasteiger partial charge in [-0.1, -0.05) is 38.1 Å². The summed E-state index contributed by atoms with van der Waals surface area (Å²) in [7, 11) is 1.76. The molecule has 0 amide bonds. The summed E-state index contributed by atoms with van der Waals surface area (Å²) in [5.41, 5.74) is 7.26. The number of nitrogens with one attached hydrogen (secondary N) is 4. The van der Waals surface area contributed by atoms with Crippen molar-refractivity contribution in [3.63, 3.8) is 0 Å². The Morgan fingerprint density at radius 2 is 1.79 bits per heavy atom. The Bertz CT molecular complexity index is 1530. The summed E-state index contributed by atoms with van der Waals surface area (Å²) >= 11 is 5.37. The maximum atomic E-state index is 12.4. The van der Waals surface area contributed by atoms with Crippen molar-refractivity contribution in [2.45, 2.75) is 26.1 Å². The first-order chi connectivity index (χ1) is 18.5. The van der Waals surface area contributed by atoms with Crippen molar-refractivity contribution >= 4 is 51.7 Å². The normalized spacial score (nSPS) is 11.7. The Morgan fingerprint density at radius 3 is 2.49 bits per heavy atom. The fraction of sp³-hybridized carbons (Fsp3) is 0.185. The maximum Gasteiger partial charge on any atom is 0.573 e. The Labute approximate surface area is 228 Å². The van der Waals surface area contributed by atoms with Crippen molar-refractivity contribution in [1.82, 2.24) is 15.2 Å². The zero-order valence-corrected chi connectivity index (χ0v) is 22.1. The molecule has 4 aromatic rings. The molecule has 1 heterocycles. The average Bonchev–Trinajstić information content (AvgIpc) is 3.20. The molecule has 4 N–H and O–H groups in total. The average molecular weight is 554 g/mol. The van der Waals surface area contributed by atoms with Crippen LogP contribution in [0.3, 0.4) is 0 Å². The Balaban J connectivity index is 1.42. The van der Waals surface area contributed by atoms with Gasteiger partial charge in [-0.2, -0.15) is 10.2 Å². The minimum Gasteiger partial charge on any atom is -0.406 e. The standard InChI is InChI=1S/C27H26F3N7OS/c1-16(2)20-6-4-5-7-22(20)34-26(39)35-32-15-17-8-13-21-23(14-17)37(3)36-24(21)25(31)33-18-9-11-19(12-10-18)38-27(28,29)30/h4-16H,1-3H3,(H2,31,33)(H2,34,35,39). The first kappa shape index (κ1) is 27.6. The number of thiocarbonyl (C=S) groups is 1. The second-order valence-electron chi connectivity index (χ2n) is 8.89. The van der Waals surface area contributed by atoms with Crippen molar-refractivity contribution in [2.75, 3.05) is 10.6 Å². The fourth-order valence-electron chi connectivity index (χ4n) is 3.91. The summed E-state index contributed by atoms with van der Waals surface area (Å²) in [5, 5.41) is 24.2. The predicted molar refractivity (Wildman–Crippen MR) is 152 cm³/mol. The third-order valence-corrected chi connectivity index (χ3v) is 5.87. The van der Waals surface area contributed by atoms with Gasteiger partial charge in [0.15, 0.2) is 10.9 Å². The number of para-hydroxylation sites is 1. The number of benzene rings is 3. The third kappa shape index (κ3) is 7.11. The molecule has 3 aromatic carbocycles. The molecule has 202 valence electrons. The number of hydrogen-bond donors (Lipinski definition) is 4. The third-order valence-electron chi connectivity index (χ3n) is 5.68. The number of fused-ring (bicyclic) bond motifs is 1. The van der Waals surface area contributed by atoms with Crippen molar-refractivity contribution < 1.29 is 17.9 Å². The number of halogens is 3. The molecule has 4 rings (SSSR count). The van der Waals surface area contributed by atoms with E-state index >= 15 is 0 Å². The maximum absolute atomic E-state index is 12.4. The molecule has 0 saturated heterocycles. The molecule has 12 heteroatoms. The molecule has 0 unspecified atom stereocenters. The van der Waals surface area contributed by atoms with Gasteiger partial charge in [0.25, 0.3) is 0 Å². The summed E-state index contributed by atoms with van der Waals surface area (Å²) < 4.78 is 42.6. The number of hydrogen-bond acceptors (Lipinski definition) is 5.